The number of thioether (sulfide) groups is 1. The minimum absolute atomic E-state index is 0.0628. The molecule has 3 rings (SSSR count). The van der Waals surface area contributed by atoms with E-state index in [1.54, 1.807) is 49.4 Å². The Hall–Kier alpha value is -3.08. The van der Waals surface area contributed by atoms with Crippen molar-refractivity contribution in [1.82, 2.24) is 9.97 Å². The monoisotopic (exact) mass is 424 g/mol. The molecule has 1 aromatic heterocycles. The molecule has 0 saturated carbocycles. The van der Waals surface area contributed by atoms with Crippen molar-refractivity contribution in [3.63, 3.8) is 0 Å². The van der Waals surface area contributed by atoms with E-state index in [0.717, 1.165) is 17.3 Å². The van der Waals surface area contributed by atoms with Crippen molar-refractivity contribution in [3.8, 4) is 17.3 Å². The van der Waals surface area contributed by atoms with Crippen LogP contribution in [0, 0.1) is 18.3 Å². The zero-order valence-electron chi connectivity index (χ0n) is 15.7. The average molecular weight is 425 g/mol. The van der Waals surface area contributed by atoms with Crippen LogP contribution >= 0.6 is 23.4 Å². The van der Waals surface area contributed by atoms with Gasteiger partial charge in [-0.2, -0.15) is 5.26 Å². The van der Waals surface area contributed by atoms with E-state index in [-0.39, 0.29) is 22.3 Å². The predicted octanol–water partition coefficient (Wildman–Crippen LogP) is 4.39. The second kappa shape index (κ2) is 8.95. The van der Waals surface area contributed by atoms with Crippen molar-refractivity contribution in [1.29, 1.82) is 5.26 Å². The third-order valence-corrected chi connectivity index (χ3v) is 5.63. The smallest absolute Gasteiger partial charge is 0.270 e. The Morgan fingerprint density at radius 2 is 1.97 bits per heavy atom. The van der Waals surface area contributed by atoms with E-state index in [4.69, 9.17) is 11.6 Å². The SMILES string of the molecule is Cc1c(Cl)cccc1NC(=O)[C@H](C)Sc1nc(-c2ccccc2)c(C#N)c(=O)[nH]1. The fourth-order valence-electron chi connectivity index (χ4n) is 2.62. The lowest BCUT2D eigenvalue weighted by atomic mass is 10.1. The van der Waals surface area contributed by atoms with Crippen molar-refractivity contribution < 1.29 is 4.79 Å². The van der Waals surface area contributed by atoms with E-state index in [1.165, 1.54) is 0 Å². The largest absolute Gasteiger partial charge is 0.325 e. The normalized spacial score (nSPS) is 11.5. The Morgan fingerprint density at radius 3 is 2.66 bits per heavy atom. The van der Waals surface area contributed by atoms with Crippen LogP contribution in [0.5, 0.6) is 0 Å². The van der Waals surface area contributed by atoms with Gasteiger partial charge in [-0.15, -0.1) is 0 Å². The van der Waals surface area contributed by atoms with Gasteiger partial charge in [-0.05, 0) is 31.5 Å². The molecule has 0 fully saturated rings. The molecular weight excluding hydrogens is 408 g/mol. The van der Waals surface area contributed by atoms with Gasteiger partial charge in [0.2, 0.25) is 5.91 Å². The molecule has 2 aromatic carbocycles. The van der Waals surface area contributed by atoms with Crippen LogP contribution < -0.4 is 10.9 Å². The molecule has 0 saturated heterocycles. The van der Waals surface area contributed by atoms with Crippen molar-refractivity contribution in [3.05, 3.63) is 75.0 Å². The van der Waals surface area contributed by atoms with E-state index in [9.17, 15) is 14.9 Å². The molecule has 0 aliphatic rings. The number of H-pyrrole nitrogens is 1. The molecule has 2 N–H and O–H groups in total. The first-order chi connectivity index (χ1) is 13.9. The van der Waals surface area contributed by atoms with E-state index in [1.807, 2.05) is 19.1 Å². The highest BCUT2D eigenvalue weighted by atomic mass is 35.5. The fraction of sp³-hybridized carbons (Fsp3) is 0.143. The summed E-state index contributed by atoms with van der Waals surface area (Å²) in [6.07, 6.45) is 0. The number of aromatic nitrogens is 2. The number of hydrogen-bond acceptors (Lipinski definition) is 5. The van der Waals surface area contributed by atoms with Crippen LogP contribution in [0.3, 0.4) is 0 Å². The van der Waals surface area contributed by atoms with Gasteiger partial charge in [0, 0.05) is 16.3 Å². The first kappa shape index (κ1) is 20.6. The lowest BCUT2D eigenvalue weighted by Crippen LogP contribution is -2.24. The Bertz CT molecular complexity index is 1160. The molecule has 1 heterocycles. The van der Waals surface area contributed by atoms with Gasteiger partial charge >= 0.3 is 0 Å². The van der Waals surface area contributed by atoms with Crippen LogP contribution in [0.2, 0.25) is 5.02 Å². The summed E-state index contributed by atoms with van der Waals surface area (Å²) in [5.41, 5.74) is 1.74. The Balaban J connectivity index is 1.85. The predicted molar refractivity (Wildman–Crippen MR) is 115 cm³/mol. The van der Waals surface area contributed by atoms with E-state index < -0.39 is 10.8 Å². The molecule has 8 heteroatoms. The number of amides is 1. The van der Waals surface area contributed by atoms with E-state index in [2.05, 4.69) is 15.3 Å². The highest BCUT2D eigenvalue weighted by Crippen LogP contribution is 2.27. The van der Waals surface area contributed by atoms with Crippen molar-refractivity contribution in [2.24, 2.45) is 0 Å². The zero-order valence-corrected chi connectivity index (χ0v) is 17.3. The third kappa shape index (κ3) is 4.67. The minimum Gasteiger partial charge on any atom is -0.325 e. The summed E-state index contributed by atoms with van der Waals surface area (Å²) in [6, 6.07) is 16.2. The summed E-state index contributed by atoms with van der Waals surface area (Å²) in [7, 11) is 0. The maximum absolute atomic E-state index is 12.6. The molecule has 0 spiro atoms. The van der Waals surface area contributed by atoms with Crippen molar-refractivity contribution in [2.75, 3.05) is 5.32 Å². The Kier molecular flexibility index (Phi) is 6.37. The highest BCUT2D eigenvalue weighted by Gasteiger charge is 2.20. The van der Waals surface area contributed by atoms with Crippen LogP contribution in [-0.2, 0) is 4.79 Å². The standard InChI is InChI=1S/C21H17ClN4O2S/c1-12-16(22)9-6-10-17(12)24-19(27)13(2)29-21-25-18(14-7-4-3-5-8-14)15(11-23)20(28)26-21/h3-10,13H,1-2H3,(H,24,27)(H,25,26,28)/t13-/m0/s1. The molecule has 146 valence electrons. The lowest BCUT2D eigenvalue weighted by Gasteiger charge is -2.14. The summed E-state index contributed by atoms with van der Waals surface area (Å²) >= 11 is 7.20. The molecule has 3 aromatic rings. The topological polar surface area (TPSA) is 98.6 Å². The third-order valence-electron chi connectivity index (χ3n) is 4.24. The zero-order chi connectivity index (χ0) is 21.0. The molecule has 1 amide bonds. The minimum atomic E-state index is -0.548. The number of hydrogen-bond donors (Lipinski definition) is 2. The summed E-state index contributed by atoms with van der Waals surface area (Å²) in [6.45, 7) is 3.53. The summed E-state index contributed by atoms with van der Waals surface area (Å²) in [4.78, 5) is 31.9. The van der Waals surface area contributed by atoms with E-state index in [0.29, 0.717) is 16.3 Å². The second-order valence-electron chi connectivity index (χ2n) is 6.23. The number of halogens is 1. The second-order valence-corrected chi connectivity index (χ2v) is 7.97. The summed E-state index contributed by atoms with van der Waals surface area (Å²) in [5.74, 6) is -0.256. The number of aromatic amines is 1. The number of carbonyl (C=O) groups excluding carboxylic acids is 1. The summed E-state index contributed by atoms with van der Waals surface area (Å²) < 4.78 is 0. The van der Waals surface area contributed by atoms with Crippen LogP contribution in [0.25, 0.3) is 11.3 Å². The van der Waals surface area contributed by atoms with Crippen LogP contribution in [-0.4, -0.2) is 21.1 Å². The molecule has 0 radical (unpaired) electrons. The molecule has 29 heavy (non-hydrogen) atoms. The molecule has 0 aliphatic carbocycles. The number of nitrogens with one attached hydrogen (secondary N) is 2. The number of benzene rings is 2. The fourth-order valence-corrected chi connectivity index (χ4v) is 3.59. The van der Waals surface area contributed by atoms with Crippen LogP contribution in [0.4, 0.5) is 5.69 Å². The number of carbonyl (C=O) groups is 1. The number of nitrogens with zero attached hydrogens (tertiary/aromatic N) is 2. The Labute approximate surface area is 177 Å². The quantitative estimate of drug-likeness (QED) is 0.467. The van der Waals surface area contributed by atoms with Gasteiger partial charge in [0.25, 0.3) is 5.56 Å². The first-order valence-corrected chi connectivity index (χ1v) is 9.99. The first-order valence-electron chi connectivity index (χ1n) is 8.73. The summed E-state index contributed by atoms with van der Waals surface area (Å²) in [5, 5.41) is 12.5. The molecule has 1 atom stereocenters. The van der Waals surface area contributed by atoms with Gasteiger partial charge in [0.15, 0.2) is 5.16 Å². The van der Waals surface area contributed by atoms with Crippen molar-refractivity contribution in [2.45, 2.75) is 24.3 Å². The van der Waals surface area contributed by atoms with Gasteiger partial charge in [0.1, 0.15) is 11.6 Å². The van der Waals surface area contributed by atoms with Gasteiger partial charge in [-0.25, -0.2) is 4.98 Å². The lowest BCUT2D eigenvalue weighted by molar-refractivity contribution is -0.115. The highest BCUT2D eigenvalue weighted by molar-refractivity contribution is 8.00. The van der Waals surface area contributed by atoms with E-state index >= 15 is 0 Å². The maximum Gasteiger partial charge on any atom is 0.270 e. The molecule has 0 aliphatic heterocycles. The Morgan fingerprint density at radius 1 is 1.24 bits per heavy atom. The van der Waals surface area contributed by atoms with Gasteiger partial charge in [-0.1, -0.05) is 59.8 Å². The van der Waals surface area contributed by atoms with Crippen molar-refractivity contribution >= 4 is 35.0 Å². The van der Waals surface area contributed by atoms with Gasteiger partial charge < -0.3 is 10.3 Å². The molecule has 0 bridgehead atoms. The molecule has 6 nitrogen and oxygen atoms in total. The van der Waals surface area contributed by atoms with Gasteiger partial charge in [-0.3, -0.25) is 9.59 Å². The average Bonchev–Trinajstić information content (AvgIpc) is 2.71. The molecular formula is C21H17ClN4O2S. The number of nitriles is 1. The van der Waals surface area contributed by atoms with Gasteiger partial charge in [0.05, 0.1) is 10.9 Å². The number of rotatable bonds is 5. The molecule has 0 unspecified atom stereocenters. The van der Waals surface area contributed by atoms with Crippen LogP contribution in [0.15, 0.2) is 58.5 Å². The number of anilines is 1. The maximum atomic E-state index is 12.6. The van der Waals surface area contributed by atoms with Crippen LogP contribution in [0.1, 0.15) is 18.1 Å².